The average Bonchev–Trinajstić information content (AvgIpc) is 3.59. The van der Waals surface area contributed by atoms with Gasteiger partial charge in [-0.25, -0.2) is 4.98 Å². The van der Waals surface area contributed by atoms with Crippen LogP contribution in [0.2, 0.25) is 5.02 Å². The van der Waals surface area contributed by atoms with Crippen molar-refractivity contribution in [2.75, 3.05) is 0 Å². The van der Waals surface area contributed by atoms with Crippen LogP contribution in [0.3, 0.4) is 0 Å². The van der Waals surface area contributed by atoms with Crippen LogP contribution in [-0.4, -0.2) is 37.9 Å². The van der Waals surface area contributed by atoms with Gasteiger partial charge in [0.15, 0.2) is 5.78 Å². The molecule has 220 valence electrons. The second-order valence-electron chi connectivity index (χ2n) is 9.76. The number of aromatic nitrogens is 2. The van der Waals surface area contributed by atoms with Crippen molar-refractivity contribution >= 4 is 67.5 Å². The van der Waals surface area contributed by atoms with Crippen LogP contribution in [0.15, 0.2) is 28.7 Å². The van der Waals surface area contributed by atoms with Crippen LogP contribution >= 0.6 is 39.7 Å². The van der Waals surface area contributed by atoms with Gasteiger partial charge in [-0.1, -0.05) is 29.9 Å². The molecular formula is C26H22BrClF6N4O2S. The number of pyridine rings is 1. The Labute approximate surface area is 248 Å². The minimum atomic E-state index is -5.05. The lowest BCUT2D eigenvalue weighted by molar-refractivity contribution is -0.150. The number of hydrogen-bond donors (Lipinski definition) is 2. The number of ketones is 1. The summed E-state index contributed by atoms with van der Waals surface area (Å²) in [6.45, 7) is 3.34. The van der Waals surface area contributed by atoms with E-state index in [1.165, 1.54) is 10.6 Å². The van der Waals surface area contributed by atoms with Gasteiger partial charge in [0.25, 0.3) is 5.91 Å². The molecule has 1 amide bonds. The number of halogens is 8. The highest BCUT2D eigenvalue weighted by atomic mass is 79.9. The lowest BCUT2D eigenvalue weighted by Gasteiger charge is -2.22. The molecule has 2 heterocycles. The molecule has 41 heavy (non-hydrogen) atoms. The fourth-order valence-electron chi connectivity index (χ4n) is 4.65. The molecular weight excluding hydrogens is 662 g/mol. The van der Waals surface area contributed by atoms with Crippen molar-refractivity contribution in [3.05, 3.63) is 61.8 Å². The van der Waals surface area contributed by atoms with Crippen LogP contribution in [-0.2, 0) is 12.7 Å². The number of hydrogen-bond acceptors (Lipinski definition) is 4. The van der Waals surface area contributed by atoms with Gasteiger partial charge in [-0.15, -0.1) is 0 Å². The number of nitrogens with two attached hydrogens (primary N) is 1. The zero-order valence-corrected chi connectivity index (χ0v) is 24.6. The Morgan fingerprint density at radius 1 is 1.22 bits per heavy atom. The van der Waals surface area contributed by atoms with Crippen LogP contribution in [0.5, 0.6) is 0 Å². The number of benzene rings is 1. The summed E-state index contributed by atoms with van der Waals surface area (Å²) in [7, 11) is 0. The number of fused-ring (bicyclic) bond motifs is 1. The van der Waals surface area contributed by atoms with E-state index in [-0.39, 0.29) is 32.9 Å². The van der Waals surface area contributed by atoms with Crippen molar-refractivity contribution in [2.24, 2.45) is 5.73 Å². The van der Waals surface area contributed by atoms with Crippen LogP contribution in [0.4, 0.5) is 26.3 Å². The molecule has 1 fully saturated rings. The molecule has 6 nitrogen and oxygen atoms in total. The minimum Gasteiger partial charge on any atom is -0.391 e. The van der Waals surface area contributed by atoms with Crippen LogP contribution in [0.1, 0.15) is 69.8 Å². The fraction of sp³-hybridized carbons (Fsp3) is 0.385. The topological polar surface area (TPSA) is 90.0 Å². The van der Waals surface area contributed by atoms with E-state index in [1.807, 2.05) is 0 Å². The Bertz CT molecular complexity index is 1580. The number of thiocarbonyl (C=S) groups is 1. The predicted octanol–water partition coefficient (Wildman–Crippen LogP) is 7.27. The quantitative estimate of drug-likeness (QED) is 0.148. The van der Waals surface area contributed by atoms with E-state index in [4.69, 9.17) is 29.6 Å². The monoisotopic (exact) mass is 682 g/mol. The zero-order valence-electron chi connectivity index (χ0n) is 21.4. The van der Waals surface area contributed by atoms with Crippen LogP contribution in [0.25, 0.3) is 11.0 Å². The van der Waals surface area contributed by atoms with Gasteiger partial charge in [-0.3, -0.25) is 9.59 Å². The van der Waals surface area contributed by atoms with Gasteiger partial charge in [0.05, 0.1) is 42.8 Å². The number of amides is 1. The largest absolute Gasteiger partial charge is 0.417 e. The Hall–Kier alpha value is -2.71. The molecule has 0 spiro atoms. The van der Waals surface area contributed by atoms with Gasteiger partial charge in [0.1, 0.15) is 11.3 Å². The molecule has 0 saturated heterocycles. The van der Waals surface area contributed by atoms with Gasteiger partial charge in [-0.2, -0.15) is 26.3 Å². The molecule has 0 aliphatic heterocycles. The SMILES string of the molecule is CCn1c(C(=O)CC(c2ccc(Cl)c(C(F)(F)F)c2)C(F)(F)F)c(Br)c2cc(C(=O)NC3(C(N)=S)CC3)c(C)nc21. The van der Waals surface area contributed by atoms with Crippen LogP contribution < -0.4 is 11.1 Å². The molecule has 1 unspecified atom stereocenters. The molecule has 1 aromatic carbocycles. The third-order valence-corrected chi connectivity index (χ3v) is 8.57. The standard InChI is InChI=1S/C26H22BrClF6N4O2S/c1-3-38-20(18(39)10-15(25(29,30)31)12-4-5-17(28)16(8-12)26(32,33)34)19(27)14-9-13(11(2)36-21(14)38)22(40)37-24(6-7-24)23(35)41/h4-5,8-9,15H,3,6-7,10H2,1-2H3,(H2,35,41)(H,37,40). The first-order valence-electron chi connectivity index (χ1n) is 12.2. The maximum Gasteiger partial charge on any atom is 0.417 e. The zero-order chi connectivity index (χ0) is 30.7. The summed E-state index contributed by atoms with van der Waals surface area (Å²) < 4.78 is 83.9. The number of nitrogens with one attached hydrogen (secondary N) is 1. The molecule has 2 aromatic heterocycles. The molecule has 3 aromatic rings. The van der Waals surface area contributed by atoms with Crippen molar-refractivity contribution < 1.29 is 35.9 Å². The second kappa shape index (κ2) is 10.8. The summed E-state index contributed by atoms with van der Waals surface area (Å²) in [5, 5.41) is 2.33. The Morgan fingerprint density at radius 2 is 1.85 bits per heavy atom. The highest BCUT2D eigenvalue weighted by molar-refractivity contribution is 9.10. The van der Waals surface area contributed by atoms with E-state index < -0.39 is 58.1 Å². The molecule has 0 radical (unpaired) electrons. The maximum atomic E-state index is 14.1. The maximum absolute atomic E-state index is 14.1. The summed E-state index contributed by atoms with van der Waals surface area (Å²) in [4.78, 5) is 31.1. The van der Waals surface area contributed by atoms with Crippen molar-refractivity contribution in [1.82, 2.24) is 14.9 Å². The Morgan fingerprint density at radius 3 is 2.37 bits per heavy atom. The average molecular weight is 684 g/mol. The van der Waals surface area contributed by atoms with Crippen molar-refractivity contribution in [3.63, 3.8) is 0 Å². The molecule has 15 heteroatoms. The number of carbonyl (C=O) groups excluding carboxylic acids is 2. The van der Waals surface area contributed by atoms with E-state index in [0.717, 1.165) is 12.1 Å². The molecule has 0 bridgehead atoms. The van der Waals surface area contributed by atoms with Gasteiger partial charge >= 0.3 is 12.4 Å². The van der Waals surface area contributed by atoms with Gasteiger partial charge < -0.3 is 15.6 Å². The lowest BCUT2D eigenvalue weighted by Crippen LogP contribution is -2.46. The first kappa shape index (κ1) is 31.2. The van der Waals surface area contributed by atoms with E-state index in [0.29, 0.717) is 30.0 Å². The number of alkyl halides is 6. The Balaban J connectivity index is 1.75. The van der Waals surface area contributed by atoms with E-state index >= 15 is 0 Å². The first-order valence-corrected chi connectivity index (χ1v) is 13.8. The number of carbonyl (C=O) groups is 2. The summed E-state index contributed by atoms with van der Waals surface area (Å²) >= 11 is 13.9. The first-order chi connectivity index (χ1) is 18.9. The van der Waals surface area contributed by atoms with E-state index in [9.17, 15) is 35.9 Å². The van der Waals surface area contributed by atoms with Gasteiger partial charge in [0, 0.05) is 18.4 Å². The molecule has 3 N–H and O–H groups in total. The van der Waals surface area contributed by atoms with Crippen molar-refractivity contribution in [2.45, 2.75) is 63.5 Å². The number of rotatable bonds is 8. The second-order valence-corrected chi connectivity index (χ2v) is 11.4. The number of Topliss-reactive ketones (excluding diaryl/α,β-unsaturated/α-hetero) is 1. The van der Waals surface area contributed by atoms with Crippen molar-refractivity contribution in [3.8, 4) is 0 Å². The van der Waals surface area contributed by atoms with E-state index in [2.05, 4.69) is 26.2 Å². The molecule has 1 aliphatic rings. The summed E-state index contributed by atoms with van der Waals surface area (Å²) in [5.41, 5.74) is 3.30. The van der Waals surface area contributed by atoms with Crippen LogP contribution in [0, 0.1) is 6.92 Å². The van der Waals surface area contributed by atoms with Gasteiger partial charge in [0.2, 0.25) is 0 Å². The molecule has 1 saturated carbocycles. The Kier molecular flexibility index (Phi) is 8.26. The predicted molar refractivity (Wildman–Crippen MR) is 148 cm³/mol. The summed E-state index contributed by atoms with van der Waals surface area (Å²) in [6, 6.07) is 3.33. The summed E-state index contributed by atoms with van der Waals surface area (Å²) in [5.74, 6) is -4.04. The molecule has 4 rings (SSSR count). The fourth-order valence-corrected chi connectivity index (χ4v) is 5.85. The summed E-state index contributed by atoms with van der Waals surface area (Å²) in [6.07, 6.45) is -10.1. The van der Waals surface area contributed by atoms with Gasteiger partial charge in [-0.05, 0) is 66.4 Å². The smallest absolute Gasteiger partial charge is 0.391 e. The highest BCUT2D eigenvalue weighted by Crippen LogP contribution is 2.43. The van der Waals surface area contributed by atoms with Crippen molar-refractivity contribution in [1.29, 1.82) is 0 Å². The normalized spacial score (nSPS) is 15.6. The number of nitrogens with zero attached hydrogens (tertiary/aromatic N) is 2. The molecule has 1 atom stereocenters. The molecule has 1 aliphatic carbocycles. The highest BCUT2D eigenvalue weighted by Gasteiger charge is 2.47. The minimum absolute atomic E-state index is 0.101. The third kappa shape index (κ3) is 5.96. The number of aryl methyl sites for hydroxylation is 2. The van der Waals surface area contributed by atoms with E-state index in [1.54, 1.807) is 13.8 Å². The third-order valence-electron chi connectivity index (χ3n) is 7.05. The lowest BCUT2D eigenvalue weighted by atomic mass is 9.91.